The zero-order valence-electron chi connectivity index (χ0n) is 11.6. The summed E-state index contributed by atoms with van der Waals surface area (Å²) in [6.45, 7) is 1.92. The molecule has 1 N–H and O–H groups in total. The van der Waals surface area contributed by atoms with E-state index in [9.17, 15) is 4.79 Å². The molecule has 0 radical (unpaired) electrons. The number of hydrazone groups is 1. The highest BCUT2D eigenvalue weighted by atomic mass is 79.9. The summed E-state index contributed by atoms with van der Waals surface area (Å²) in [4.78, 5) is 11.4. The van der Waals surface area contributed by atoms with E-state index in [2.05, 4.69) is 62.9 Å². The predicted octanol–water partition coefficient (Wildman–Crippen LogP) is 3.98. The lowest BCUT2D eigenvalue weighted by molar-refractivity contribution is -0.124. The smallest absolute Gasteiger partial charge is 0.243 e. The van der Waals surface area contributed by atoms with Crippen LogP contribution in [-0.4, -0.2) is 11.6 Å². The summed E-state index contributed by atoms with van der Waals surface area (Å²) in [6.07, 6.45) is 0.684. The molecule has 0 aliphatic carbocycles. The highest BCUT2D eigenvalue weighted by Crippen LogP contribution is 2.23. The summed E-state index contributed by atoms with van der Waals surface area (Å²) in [5, 5.41) is 4.16. The summed E-state index contributed by atoms with van der Waals surface area (Å²) in [6, 6.07) is 16.5. The van der Waals surface area contributed by atoms with Crippen LogP contribution in [0.15, 0.2) is 58.1 Å². The first-order valence-electron chi connectivity index (χ1n) is 6.86. The normalized spacial score (nSPS) is 18.1. The number of halogens is 1. The molecule has 2 aromatic carbocycles. The van der Waals surface area contributed by atoms with Crippen molar-refractivity contribution in [2.45, 2.75) is 13.3 Å². The second kappa shape index (κ2) is 5.82. The molecular formula is C17H15BrN2O. The Kier molecular flexibility index (Phi) is 3.88. The third-order valence-corrected chi connectivity index (χ3v) is 4.17. The van der Waals surface area contributed by atoms with Gasteiger partial charge >= 0.3 is 0 Å². The molecule has 0 saturated carbocycles. The number of nitrogens with zero attached hydrogens (tertiary/aromatic N) is 1. The van der Waals surface area contributed by atoms with Gasteiger partial charge in [-0.1, -0.05) is 59.3 Å². The first-order chi connectivity index (χ1) is 10.1. The first kappa shape index (κ1) is 14.0. The first-order valence-corrected chi connectivity index (χ1v) is 7.65. The Morgan fingerprint density at radius 3 is 2.10 bits per heavy atom. The lowest BCUT2D eigenvalue weighted by atomic mass is 9.95. The maximum Gasteiger partial charge on any atom is 0.243 e. The Balaban J connectivity index is 1.84. The molecule has 0 fully saturated rings. The van der Waals surface area contributed by atoms with Crippen LogP contribution in [0.3, 0.4) is 0 Å². The van der Waals surface area contributed by atoms with E-state index in [0.717, 1.165) is 15.7 Å². The Morgan fingerprint density at radius 1 is 1.00 bits per heavy atom. The monoisotopic (exact) mass is 342 g/mol. The molecule has 4 heteroatoms. The molecule has 1 aliphatic heterocycles. The molecule has 1 amide bonds. The lowest BCUT2D eigenvalue weighted by Crippen LogP contribution is -2.33. The van der Waals surface area contributed by atoms with Crippen molar-refractivity contribution in [1.29, 1.82) is 0 Å². The molecular weight excluding hydrogens is 328 g/mol. The SMILES string of the molecule is CC1CC(c2ccc(-c3ccc(Br)cc3)cc2)=NNC1=O. The van der Waals surface area contributed by atoms with E-state index in [0.29, 0.717) is 6.42 Å². The van der Waals surface area contributed by atoms with Crippen LogP contribution in [0.5, 0.6) is 0 Å². The number of amides is 1. The van der Waals surface area contributed by atoms with Gasteiger partial charge in [0.05, 0.1) is 5.71 Å². The van der Waals surface area contributed by atoms with E-state index in [-0.39, 0.29) is 11.8 Å². The Labute approximate surface area is 132 Å². The molecule has 1 unspecified atom stereocenters. The molecule has 2 aromatic rings. The number of carbonyl (C=O) groups is 1. The molecule has 3 nitrogen and oxygen atoms in total. The van der Waals surface area contributed by atoms with Gasteiger partial charge in [-0.15, -0.1) is 0 Å². The molecule has 0 bridgehead atoms. The van der Waals surface area contributed by atoms with Gasteiger partial charge in [-0.25, -0.2) is 5.43 Å². The minimum Gasteiger partial charge on any atom is -0.273 e. The fraction of sp³-hybridized carbons (Fsp3) is 0.176. The van der Waals surface area contributed by atoms with Crippen molar-refractivity contribution in [3.05, 3.63) is 58.6 Å². The van der Waals surface area contributed by atoms with Crippen molar-refractivity contribution in [2.24, 2.45) is 11.0 Å². The van der Waals surface area contributed by atoms with Gasteiger partial charge in [-0.05, 0) is 28.8 Å². The van der Waals surface area contributed by atoms with Gasteiger partial charge < -0.3 is 0 Å². The molecule has 1 heterocycles. The molecule has 0 spiro atoms. The highest BCUT2D eigenvalue weighted by Gasteiger charge is 2.21. The molecule has 21 heavy (non-hydrogen) atoms. The van der Waals surface area contributed by atoms with Gasteiger partial charge in [0.2, 0.25) is 5.91 Å². The zero-order chi connectivity index (χ0) is 14.8. The van der Waals surface area contributed by atoms with Gasteiger partial charge in [-0.2, -0.15) is 5.10 Å². The minimum absolute atomic E-state index is 0.00904. The quantitative estimate of drug-likeness (QED) is 0.881. The number of rotatable bonds is 2. The van der Waals surface area contributed by atoms with E-state index in [1.807, 2.05) is 19.1 Å². The van der Waals surface area contributed by atoms with Crippen LogP contribution in [0.2, 0.25) is 0 Å². The Hall–Kier alpha value is -1.94. The number of carbonyl (C=O) groups excluding carboxylic acids is 1. The van der Waals surface area contributed by atoms with Crippen LogP contribution in [-0.2, 0) is 4.79 Å². The standard InChI is InChI=1S/C17H15BrN2O/c1-11-10-16(19-20-17(11)21)14-4-2-12(3-5-14)13-6-8-15(18)9-7-13/h2-9,11H,10H2,1H3,(H,20,21). The topological polar surface area (TPSA) is 41.5 Å². The van der Waals surface area contributed by atoms with E-state index in [4.69, 9.17) is 0 Å². The number of nitrogens with one attached hydrogen (secondary N) is 1. The van der Waals surface area contributed by atoms with Crippen LogP contribution < -0.4 is 5.43 Å². The van der Waals surface area contributed by atoms with Gasteiger partial charge in [0, 0.05) is 16.8 Å². The lowest BCUT2D eigenvalue weighted by Gasteiger charge is -2.18. The number of benzene rings is 2. The Morgan fingerprint density at radius 2 is 1.52 bits per heavy atom. The van der Waals surface area contributed by atoms with Crippen molar-refractivity contribution < 1.29 is 4.79 Å². The van der Waals surface area contributed by atoms with Crippen molar-refractivity contribution in [3.63, 3.8) is 0 Å². The fourth-order valence-corrected chi connectivity index (χ4v) is 2.61. The molecule has 0 aromatic heterocycles. The summed E-state index contributed by atoms with van der Waals surface area (Å²) >= 11 is 3.44. The Bertz CT molecular complexity index is 690. The maximum absolute atomic E-state index is 11.4. The van der Waals surface area contributed by atoms with Crippen molar-refractivity contribution in [3.8, 4) is 11.1 Å². The van der Waals surface area contributed by atoms with Crippen molar-refractivity contribution in [1.82, 2.24) is 5.43 Å². The maximum atomic E-state index is 11.4. The third kappa shape index (κ3) is 3.05. The van der Waals surface area contributed by atoms with E-state index in [1.165, 1.54) is 11.1 Å². The molecule has 1 aliphatic rings. The van der Waals surface area contributed by atoms with Gasteiger partial charge in [0.15, 0.2) is 0 Å². The average molecular weight is 343 g/mol. The fourth-order valence-electron chi connectivity index (χ4n) is 2.34. The minimum atomic E-state index is -0.0244. The van der Waals surface area contributed by atoms with Crippen LogP contribution in [0.25, 0.3) is 11.1 Å². The number of hydrogen-bond donors (Lipinski definition) is 1. The van der Waals surface area contributed by atoms with Crippen molar-refractivity contribution >= 4 is 27.5 Å². The summed E-state index contributed by atoms with van der Waals surface area (Å²) in [5.74, 6) is -0.0334. The summed E-state index contributed by atoms with van der Waals surface area (Å²) in [7, 11) is 0. The van der Waals surface area contributed by atoms with Gasteiger partial charge in [0.25, 0.3) is 0 Å². The van der Waals surface area contributed by atoms with E-state index >= 15 is 0 Å². The van der Waals surface area contributed by atoms with Gasteiger partial charge in [-0.3, -0.25) is 4.79 Å². The van der Waals surface area contributed by atoms with Crippen LogP contribution in [0.4, 0.5) is 0 Å². The summed E-state index contributed by atoms with van der Waals surface area (Å²) in [5.41, 5.74) is 6.91. The second-order valence-electron chi connectivity index (χ2n) is 5.22. The molecule has 0 saturated heterocycles. The van der Waals surface area contributed by atoms with E-state index in [1.54, 1.807) is 0 Å². The predicted molar refractivity (Wildman–Crippen MR) is 88.0 cm³/mol. The number of hydrogen-bond acceptors (Lipinski definition) is 2. The van der Waals surface area contributed by atoms with Crippen LogP contribution >= 0.6 is 15.9 Å². The average Bonchev–Trinajstić information content (AvgIpc) is 2.51. The van der Waals surface area contributed by atoms with Crippen LogP contribution in [0, 0.1) is 5.92 Å². The third-order valence-electron chi connectivity index (χ3n) is 3.64. The van der Waals surface area contributed by atoms with Crippen LogP contribution in [0.1, 0.15) is 18.9 Å². The molecule has 106 valence electrons. The highest BCUT2D eigenvalue weighted by molar-refractivity contribution is 9.10. The molecule has 3 rings (SSSR count). The van der Waals surface area contributed by atoms with Crippen molar-refractivity contribution in [2.75, 3.05) is 0 Å². The van der Waals surface area contributed by atoms with E-state index < -0.39 is 0 Å². The molecule has 1 atom stereocenters. The van der Waals surface area contributed by atoms with Gasteiger partial charge in [0.1, 0.15) is 0 Å². The zero-order valence-corrected chi connectivity index (χ0v) is 13.2. The largest absolute Gasteiger partial charge is 0.273 e. The summed E-state index contributed by atoms with van der Waals surface area (Å²) < 4.78 is 1.07. The second-order valence-corrected chi connectivity index (χ2v) is 6.14.